The van der Waals surface area contributed by atoms with E-state index in [1.807, 2.05) is 25.1 Å². The van der Waals surface area contributed by atoms with E-state index in [0.29, 0.717) is 27.9 Å². The molecule has 0 fully saturated rings. The van der Waals surface area contributed by atoms with Crippen LogP contribution in [0.2, 0.25) is 5.02 Å². The first-order chi connectivity index (χ1) is 13.1. The Hall–Kier alpha value is -3.31. The van der Waals surface area contributed by atoms with Crippen molar-refractivity contribution < 1.29 is 13.6 Å². The number of amides is 1. The molecule has 1 N–H and O–H groups in total. The van der Waals surface area contributed by atoms with Crippen LogP contribution in [0, 0.1) is 6.92 Å². The molecule has 0 aliphatic rings. The molecule has 2 aromatic heterocycles. The van der Waals surface area contributed by atoms with Gasteiger partial charge in [-0.15, -0.1) is 0 Å². The number of oxazole rings is 1. The summed E-state index contributed by atoms with van der Waals surface area (Å²) in [5.41, 5.74) is 3.79. The van der Waals surface area contributed by atoms with Crippen molar-refractivity contribution in [2.75, 3.05) is 5.32 Å². The maximum Gasteiger partial charge on any atom is 0.248 e. The first-order valence-electron chi connectivity index (χ1n) is 8.28. The fourth-order valence-electron chi connectivity index (χ4n) is 2.63. The van der Waals surface area contributed by atoms with Crippen LogP contribution in [0.1, 0.15) is 11.3 Å². The molecule has 0 saturated heterocycles. The Morgan fingerprint density at radius 3 is 2.89 bits per heavy atom. The summed E-state index contributed by atoms with van der Waals surface area (Å²) in [6, 6.07) is 14.6. The molecule has 0 atom stereocenters. The molecule has 0 aliphatic carbocycles. The summed E-state index contributed by atoms with van der Waals surface area (Å²) >= 11 is 6.22. The Balaban J connectivity index is 1.59. The smallest absolute Gasteiger partial charge is 0.248 e. The highest BCUT2D eigenvalue weighted by atomic mass is 35.5. The number of carbonyl (C=O) groups is 1. The second-order valence-electron chi connectivity index (χ2n) is 6.02. The first-order valence-corrected chi connectivity index (χ1v) is 8.66. The number of anilines is 1. The normalized spacial score (nSPS) is 11.3. The minimum absolute atomic E-state index is 0.321. The third-order valence-corrected chi connectivity index (χ3v) is 4.29. The summed E-state index contributed by atoms with van der Waals surface area (Å²) in [6.45, 7) is 2.00. The fraction of sp³-hybridized carbons (Fsp3) is 0.0476. The summed E-state index contributed by atoms with van der Waals surface area (Å²) in [4.78, 5) is 16.7. The Bertz CT molecular complexity index is 1140. The zero-order valence-corrected chi connectivity index (χ0v) is 15.2. The van der Waals surface area contributed by atoms with E-state index in [0.717, 1.165) is 16.6 Å². The zero-order valence-electron chi connectivity index (χ0n) is 14.4. The van der Waals surface area contributed by atoms with Crippen molar-refractivity contribution >= 4 is 40.4 Å². The number of benzene rings is 2. The second-order valence-corrected chi connectivity index (χ2v) is 6.43. The van der Waals surface area contributed by atoms with Crippen LogP contribution in [0.3, 0.4) is 0 Å². The van der Waals surface area contributed by atoms with Gasteiger partial charge in [0.2, 0.25) is 11.8 Å². The van der Waals surface area contributed by atoms with Gasteiger partial charge in [0.05, 0.1) is 17.0 Å². The number of nitrogens with zero attached hydrogens (tertiary/aromatic N) is 1. The van der Waals surface area contributed by atoms with Gasteiger partial charge in [0.15, 0.2) is 5.58 Å². The topological polar surface area (TPSA) is 68.3 Å². The van der Waals surface area contributed by atoms with Gasteiger partial charge < -0.3 is 14.2 Å². The minimum Gasteiger partial charge on any atom is -0.465 e. The molecule has 134 valence electrons. The van der Waals surface area contributed by atoms with Gasteiger partial charge in [-0.25, -0.2) is 4.98 Å². The number of nitrogens with one attached hydrogen (secondary N) is 1. The summed E-state index contributed by atoms with van der Waals surface area (Å²) in [7, 11) is 0. The average Bonchev–Trinajstić information content (AvgIpc) is 3.31. The number of furan rings is 1. The highest BCUT2D eigenvalue weighted by molar-refractivity contribution is 6.34. The third kappa shape index (κ3) is 3.78. The van der Waals surface area contributed by atoms with Crippen molar-refractivity contribution in [1.82, 2.24) is 4.98 Å². The van der Waals surface area contributed by atoms with E-state index in [4.69, 9.17) is 20.4 Å². The van der Waals surface area contributed by atoms with Gasteiger partial charge in [0.25, 0.3) is 0 Å². The van der Waals surface area contributed by atoms with Gasteiger partial charge in [0.1, 0.15) is 11.3 Å². The molecule has 1 amide bonds. The molecule has 0 unspecified atom stereocenters. The molecule has 4 rings (SSSR count). The quantitative estimate of drug-likeness (QED) is 0.462. The molecular formula is C21H15ClN2O3. The maximum atomic E-state index is 12.1. The highest BCUT2D eigenvalue weighted by Crippen LogP contribution is 2.30. The van der Waals surface area contributed by atoms with Crippen molar-refractivity contribution in [3.05, 3.63) is 77.2 Å². The van der Waals surface area contributed by atoms with Crippen LogP contribution in [0.15, 0.2) is 69.7 Å². The Morgan fingerprint density at radius 1 is 1.19 bits per heavy atom. The van der Waals surface area contributed by atoms with Crippen molar-refractivity contribution in [3.63, 3.8) is 0 Å². The van der Waals surface area contributed by atoms with E-state index in [1.54, 1.807) is 42.7 Å². The molecule has 2 heterocycles. The minimum atomic E-state index is -0.321. The molecule has 0 aliphatic heterocycles. The zero-order chi connectivity index (χ0) is 18.8. The molecule has 5 nitrogen and oxygen atoms in total. The Labute approximate surface area is 160 Å². The second kappa shape index (κ2) is 7.13. The van der Waals surface area contributed by atoms with Crippen LogP contribution in [-0.2, 0) is 4.79 Å². The van der Waals surface area contributed by atoms with Crippen LogP contribution in [0.25, 0.3) is 28.6 Å². The predicted octanol–water partition coefficient (Wildman–Crippen LogP) is 5.70. The lowest BCUT2D eigenvalue weighted by Gasteiger charge is -2.06. The van der Waals surface area contributed by atoms with Gasteiger partial charge in [-0.05, 0) is 61.0 Å². The molecule has 4 aromatic rings. The lowest BCUT2D eigenvalue weighted by atomic mass is 10.2. The van der Waals surface area contributed by atoms with Gasteiger partial charge >= 0.3 is 0 Å². The Kier molecular flexibility index (Phi) is 4.52. The van der Waals surface area contributed by atoms with Crippen LogP contribution in [-0.4, -0.2) is 10.9 Å². The number of aryl methyl sites for hydroxylation is 1. The number of rotatable bonds is 4. The molecule has 0 spiro atoms. The summed E-state index contributed by atoms with van der Waals surface area (Å²) in [6.07, 6.45) is 4.50. The summed E-state index contributed by atoms with van der Waals surface area (Å²) in [5, 5.41) is 3.18. The SMILES string of the molecule is Cc1ccc2oc(-c3ccc(Cl)c(NC(=O)/C=C/c4ccco4)c3)nc2c1. The van der Waals surface area contributed by atoms with E-state index < -0.39 is 0 Å². The molecule has 27 heavy (non-hydrogen) atoms. The van der Waals surface area contributed by atoms with Crippen molar-refractivity contribution in [2.24, 2.45) is 0 Å². The number of aromatic nitrogens is 1. The molecule has 0 bridgehead atoms. The van der Waals surface area contributed by atoms with E-state index >= 15 is 0 Å². The van der Waals surface area contributed by atoms with Gasteiger partial charge in [-0.3, -0.25) is 4.79 Å². The van der Waals surface area contributed by atoms with Crippen molar-refractivity contribution in [1.29, 1.82) is 0 Å². The number of hydrogen-bond acceptors (Lipinski definition) is 4. The largest absolute Gasteiger partial charge is 0.465 e. The Morgan fingerprint density at radius 2 is 2.07 bits per heavy atom. The molecule has 0 radical (unpaired) electrons. The van der Waals surface area contributed by atoms with Crippen LogP contribution in [0.4, 0.5) is 5.69 Å². The van der Waals surface area contributed by atoms with E-state index in [-0.39, 0.29) is 5.91 Å². The molecule has 6 heteroatoms. The summed E-state index contributed by atoms with van der Waals surface area (Å²) < 4.78 is 11.0. The number of carbonyl (C=O) groups excluding carboxylic acids is 1. The average molecular weight is 379 g/mol. The molecule has 2 aromatic carbocycles. The van der Waals surface area contributed by atoms with Gasteiger partial charge in [-0.2, -0.15) is 0 Å². The van der Waals surface area contributed by atoms with E-state index in [9.17, 15) is 4.79 Å². The van der Waals surface area contributed by atoms with Crippen molar-refractivity contribution in [3.8, 4) is 11.5 Å². The van der Waals surface area contributed by atoms with E-state index in [1.165, 1.54) is 6.08 Å². The fourth-order valence-corrected chi connectivity index (χ4v) is 2.80. The van der Waals surface area contributed by atoms with Crippen LogP contribution >= 0.6 is 11.6 Å². The van der Waals surface area contributed by atoms with Gasteiger partial charge in [0, 0.05) is 11.6 Å². The van der Waals surface area contributed by atoms with Gasteiger partial charge in [-0.1, -0.05) is 17.7 Å². The lowest BCUT2D eigenvalue weighted by molar-refractivity contribution is -0.111. The first kappa shape index (κ1) is 17.1. The third-order valence-electron chi connectivity index (χ3n) is 3.96. The maximum absolute atomic E-state index is 12.1. The number of halogens is 1. The molecule has 0 saturated carbocycles. The summed E-state index contributed by atoms with van der Waals surface area (Å²) in [5.74, 6) is 0.735. The number of fused-ring (bicyclic) bond motifs is 1. The monoisotopic (exact) mass is 378 g/mol. The van der Waals surface area contributed by atoms with Crippen LogP contribution in [0.5, 0.6) is 0 Å². The number of hydrogen-bond donors (Lipinski definition) is 1. The van der Waals surface area contributed by atoms with Crippen molar-refractivity contribution in [2.45, 2.75) is 6.92 Å². The predicted molar refractivity (Wildman–Crippen MR) is 106 cm³/mol. The highest BCUT2D eigenvalue weighted by Gasteiger charge is 2.12. The van der Waals surface area contributed by atoms with E-state index in [2.05, 4.69) is 10.3 Å². The standard InChI is InChI=1S/C21H15ClN2O3/c1-13-4-8-19-18(11-13)24-21(27-19)14-5-7-16(22)17(12-14)23-20(25)9-6-15-3-2-10-26-15/h2-12H,1H3,(H,23,25)/b9-6+. The van der Waals surface area contributed by atoms with Crippen LogP contribution < -0.4 is 5.32 Å². The molecular weight excluding hydrogens is 364 g/mol. The lowest BCUT2D eigenvalue weighted by Crippen LogP contribution is -2.08.